The number of carbonyl (C=O) groups excluding carboxylic acids is 1. The van der Waals surface area contributed by atoms with Gasteiger partial charge in [0.1, 0.15) is 5.82 Å². The summed E-state index contributed by atoms with van der Waals surface area (Å²) in [5, 5.41) is 8.70. The molecule has 0 aliphatic rings. The fourth-order valence-electron chi connectivity index (χ4n) is 1.72. The van der Waals surface area contributed by atoms with Gasteiger partial charge in [0.2, 0.25) is 0 Å². The third-order valence-corrected chi connectivity index (χ3v) is 3.32. The lowest BCUT2D eigenvalue weighted by molar-refractivity contribution is 0.0947. The van der Waals surface area contributed by atoms with Gasteiger partial charge < -0.3 is 9.88 Å². The number of amides is 1. The van der Waals surface area contributed by atoms with Gasteiger partial charge in [-0.25, -0.2) is 17.6 Å². The third kappa shape index (κ3) is 3.01. The number of nitrogens with zero attached hydrogens (tertiary/aromatic N) is 2. The number of rotatable bonds is 4. The summed E-state index contributed by atoms with van der Waals surface area (Å²) in [5.41, 5.74) is -0.910. The summed E-state index contributed by atoms with van der Waals surface area (Å²) in [7, 11) is 1.66. The molecule has 1 amide bonds. The van der Waals surface area contributed by atoms with Crippen LogP contribution in [0.1, 0.15) is 16.2 Å². The molecular formula is C12H10F4N4OS. The van der Waals surface area contributed by atoms with Gasteiger partial charge in [-0.05, 0) is 18.3 Å². The first-order valence-corrected chi connectivity index (χ1v) is 6.45. The molecule has 2 aromatic rings. The lowest BCUT2D eigenvalue weighted by atomic mass is 10.1. The number of aromatic amines is 1. The van der Waals surface area contributed by atoms with Crippen molar-refractivity contribution >= 4 is 18.1 Å². The Hall–Kier alpha value is -2.23. The summed E-state index contributed by atoms with van der Waals surface area (Å²) in [6.45, 7) is 0.0202. The maximum absolute atomic E-state index is 13.4. The summed E-state index contributed by atoms with van der Waals surface area (Å²) in [6.07, 6.45) is 0.253. The first-order chi connectivity index (χ1) is 10.3. The number of halogens is 4. The Bertz CT molecular complexity index is 786. The van der Waals surface area contributed by atoms with E-state index in [1.54, 1.807) is 11.6 Å². The highest BCUT2D eigenvalue weighted by molar-refractivity contribution is 7.71. The van der Waals surface area contributed by atoms with Crippen LogP contribution in [0.4, 0.5) is 17.6 Å². The van der Waals surface area contributed by atoms with E-state index in [4.69, 9.17) is 12.2 Å². The highest BCUT2D eigenvalue weighted by atomic mass is 32.1. The fraction of sp³-hybridized carbons (Fsp3) is 0.250. The van der Waals surface area contributed by atoms with Crippen LogP contribution in [0.25, 0.3) is 0 Å². The van der Waals surface area contributed by atoms with Crippen molar-refractivity contribution in [2.45, 2.75) is 6.42 Å². The zero-order valence-corrected chi connectivity index (χ0v) is 12.0. The minimum Gasteiger partial charge on any atom is -0.351 e. The molecule has 0 aliphatic heterocycles. The van der Waals surface area contributed by atoms with Crippen molar-refractivity contribution in [3.8, 4) is 0 Å². The highest BCUT2D eigenvalue weighted by Gasteiger charge is 2.22. The molecule has 0 spiro atoms. The first kappa shape index (κ1) is 16.1. The minimum absolute atomic E-state index is 0.0202. The molecule has 1 aromatic carbocycles. The monoisotopic (exact) mass is 334 g/mol. The molecule has 22 heavy (non-hydrogen) atoms. The molecule has 0 radical (unpaired) electrons. The summed E-state index contributed by atoms with van der Waals surface area (Å²) in [6, 6.07) is 0.305. The fourth-order valence-corrected chi connectivity index (χ4v) is 1.88. The van der Waals surface area contributed by atoms with Crippen molar-refractivity contribution in [2.24, 2.45) is 7.05 Å². The summed E-state index contributed by atoms with van der Waals surface area (Å²) < 4.78 is 54.3. The Balaban J connectivity index is 2.07. The smallest absolute Gasteiger partial charge is 0.254 e. The molecule has 1 aromatic heterocycles. The Morgan fingerprint density at radius 3 is 2.59 bits per heavy atom. The van der Waals surface area contributed by atoms with Crippen LogP contribution < -0.4 is 5.32 Å². The number of carbonyl (C=O) groups is 1. The van der Waals surface area contributed by atoms with Crippen LogP contribution in [0.2, 0.25) is 0 Å². The zero-order chi connectivity index (χ0) is 16.4. The minimum atomic E-state index is -2.03. The molecule has 10 heteroatoms. The molecule has 2 rings (SSSR count). The van der Waals surface area contributed by atoms with E-state index >= 15 is 0 Å². The summed E-state index contributed by atoms with van der Waals surface area (Å²) in [4.78, 5) is 11.7. The largest absolute Gasteiger partial charge is 0.351 e. The van der Waals surface area contributed by atoms with E-state index in [-0.39, 0.29) is 13.0 Å². The van der Waals surface area contributed by atoms with Crippen LogP contribution in [0.5, 0.6) is 0 Å². The molecule has 5 nitrogen and oxygen atoms in total. The maximum atomic E-state index is 13.4. The van der Waals surface area contributed by atoms with Crippen molar-refractivity contribution in [2.75, 3.05) is 6.54 Å². The van der Waals surface area contributed by atoms with Gasteiger partial charge in [-0.3, -0.25) is 9.89 Å². The second-order valence-electron chi connectivity index (χ2n) is 4.36. The van der Waals surface area contributed by atoms with E-state index in [1.165, 1.54) is 0 Å². The zero-order valence-electron chi connectivity index (χ0n) is 11.2. The van der Waals surface area contributed by atoms with Crippen LogP contribution in [-0.4, -0.2) is 27.2 Å². The number of benzene rings is 1. The van der Waals surface area contributed by atoms with Gasteiger partial charge >= 0.3 is 0 Å². The van der Waals surface area contributed by atoms with Crippen LogP contribution in [0.3, 0.4) is 0 Å². The number of hydrogen-bond acceptors (Lipinski definition) is 3. The van der Waals surface area contributed by atoms with Crippen LogP contribution in [0, 0.1) is 28.0 Å². The number of H-pyrrole nitrogens is 1. The van der Waals surface area contributed by atoms with E-state index in [1.807, 2.05) is 0 Å². The molecule has 0 aliphatic carbocycles. The third-order valence-electron chi connectivity index (χ3n) is 2.95. The molecule has 1 heterocycles. The van der Waals surface area contributed by atoms with Gasteiger partial charge in [0.05, 0.1) is 5.56 Å². The molecule has 0 fully saturated rings. The molecular weight excluding hydrogens is 324 g/mol. The van der Waals surface area contributed by atoms with Crippen molar-refractivity contribution in [1.29, 1.82) is 0 Å². The van der Waals surface area contributed by atoms with E-state index in [9.17, 15) is 22.4 Å². The van der Waals surface area contributed by atoms with Crippen LogP contribution >= 0.6 is 12.2 Å². The van der Waals surface area contributed by atoms with Crippen molar-refractivity contribution in [3.63, 3.8) is 0 Å². The second kappa shape index (κ2) is 6.26. The second-order valence-corrected chi connectivity index (χ2v) is 4.74. The number of aromatic nitrogens is 3. The van der Waals surface area contributed by atoms with E-state index in [2.05, 4.69) is 15.5 Å². The van der Waals surface area contributed by atoms with Gasteiger partial charge in [-0.2, -0.15) is 5.10 Å². The topological polar surface area (TPSA) is 62.7 Å². The molecule has 0 saturated carbocycles. The lowest BCUT2D eigenvalue weighted by Gasteiger charge is -2.07. The van der Waals surface area contributed by atoms with Crippen molar-refractivity contribution in [1.82, 2.24) is 20.1 Å². The summed E-state index contributed by atoms with van der Waals surface area (Å²) >= 11 is 4.90. The first-order valence-electron chi connectivity index (χ1n) is 6.04. The molecule has 0 bridgehead atoms. The van der Waals surface area contributed by atoms with Gasteiger partial charge in [-0.1, -0.05) is 0 Å². The quantitative estimate of drug-likeness (QED) is 0.389. The predicted molar refractivity (Wildman–Crippen MR) is 70.7 cm³/mol. The summed E-state index contributed by atoms with van der Waals surface area (Å²) in [5.74, 6) is -7.91. The molecule has 0 atom stereocenters. The number of nitrogens with one attached hydrogen (secondary N) is 2. The number of hydrogen-bond donors (Lipinski definition) is 2. The SMILES string of the molecule is Cn1c(CCNC(=O)c2cc(F)c(F)c(F)c2F)n[nH]c1=S. The molecule has 2 N–H and O–H groups in total. The van der Waals surface area contributed by atoms with Gasteiger partial charge in [0, 0.05) is 20.0 Å². The van der Waals surface area contributed by atoms with Gasteiger partial charge in [-0.15, -0.1) is 0 Å². The van der Waals surface area contributed by atoms with E-state index < -0.39 is 34.7 Å². The Morgan fingerprint density at radius 1 is 1.32 bits per heavy atom. The van der Waals surface area contributed by atoms with E-state index in [0.29, 0.717) is 16.7 Å². The average molecular weight is 334 g/mol. The van der Waals surface area contributed by atoms with Crippen LogP contribution in [0.15, 0.2) is 6.07 Å². The maximum Gasteiger partial charge on any atom is 0.254 e. The van der Waals surface area contributed by atoms with Gasteiger partial charge in [0.15, 0.2) is 28.0 Å². The van der Waals surface area contributed by atoms with Crippen molar-refractivity contribution in [3.05, 3.63) is 45.5 Å². The molecule has 0 saturated heterocycles. The molecule has 0 unspecified atom stereocenters. The van der Waals surface area contributed by atoms with Crippen molar-refractivity contribution < 1.29 is 22.4 Å². The predicted octanol–water partition coefficient (Wildman–Crippen LogP) is 2.01. The normalized spacial score (nSPS) is 10.8. The van der Waals surface area contributed by atoms with E-state index in [0.717, 1.165) is 0 Å². The molecule has 118 valence electrons. The Labute approximate surface area is 127 Å². The standard InChI is InChI=1S/C12H10F4N4OS/c1-20-7(18-19-12(20)22)2-3-17-11(21)5-4-6(13)9(15)10(16)8(5)14/h4H,2-3H2,1H3,(H,17,21)(H,19,22). The van der Waals surface area contributed by atoms with Crippen LogP contribution in [-0.2, 0) is 13.5 Å². The Morgan fingerprint density at radius 2 is 2.00 bits per heavy atom. The average Bonchev–Trinajstić information content (AvgIpc) is 2.80. The highest BCUT2D eigenvalue weighted by Crippen LogP contribution is 2.18. The lowest BCUT2D eigenvalue weighted by Crippen LogP contribution is -2.28. The van der Waals surface area contributed by atoms with Gasteiger partial charge in [0.25, 0.3) is 5.91 Å². The Kier molecular flexibility index (Phi) is 4.59.